The first-order chi connectivity index (χ1) is 14.6. The second-order valence-corrected chi connectivity index (χ2v) is 9.25. The average molecular weight is 447 g/mol. The van der Waals surface area contributed by atoms with Crippen molar-refractivity contribution in [2.45, 2.75) is 19.0 Å². The number of hydrogen-bond donors (Lipinski definition) is 2. The van der Waals surface area contributed by atoms with E-state index in [1.54, 1.807) is 0 Å². The molecule has 1 heterocycles. The van der Waals surface area contributed by atoms with Crippen molar-refractivity contribution in [2.75, 3.05) is 0 Å². The minimum absolute atomic E-state index is 0.0364. The van der Waals surface area contributed by atoms with Gasteiger partial charge in [-0.2, -0.15) is 0 Å². The highest BCUT2D eigenvalue weighted by Crippen LogP contribution is 2.32. The number of rotatable bonds is 6. The zero-order valence-electron chi connectivity index (χ0n) is 16.5. The highest BCUT2D eigenvalue weighted by molar-refractivity contribution is 8.27. The Kier molecular flexibility index (Phi) is 6.75. The molecule has 2 nitrogen and oxygen atoms in total. The molecule has 0 saturated carbocycles. The Morgan fingerprint density at radius 2 is 1.43 bits per heavy atom. The van der Waals surface area contributed by atoms with Crippen molar-refractivity contribution < 1.29 is 0 Å². The van der Waals surface area contributed by atoms with Gasteiger partial charge in [-0.1, -0.05) is 121 Å². The minimum atomic E-state index is 0.0364. The largest absolute Gasteiger partial charge is 0.331 e. The van der Waals surface area contributed by atoms with Crippen LogP contribution in [0, 0.1) is 0 Å². The Balaban J connectivity index is 1.74. The van der Waals surface area contributed by atoms with Crippen molar-refractivity contribution >= 4 is 51.6 Å². The first-order valence-electron chi connectivity index (χ1n) is 9.81. The molecule has 150 valence electrons. The lowest BCUT2D eigenvalue weighted by atomic mass is 9.92. The Hall–Kier alpha value is -2.31. The zero-order valence-corrected chi connectivity index (χ0v) is 19.0. The first kappa shape index (κ1) is 20.9. The SMILES string of the molecule is CC(NC(c1ccccc1)c1ccccc1/C=C1/SC(=S)NC1=S)c1ccccc1. The molecule has 0 aliphatic carbocycles. The van der Waals surface area contributed by atoms with Crippen LogP contribution in [0.5, 0.6) is 0 Å². The number of thiocarbonyl (C=S) groups is 2. The van der Waals surface area contributed by atoms with E-state index in [0.29, 0.717) is 9.31 Å². The van der Waals surface area contributed by atoms with Gasteiger partial charge in [-0.3, -0.25) is 5.32 Å². The summed E-state index contributed by atoms with van der Waals surface area (Å²) in [4.78, 5) is 1.69. The Morgan fingerprint density at radius 1 is 0.833 bits per heavy atom. The standard InChI is InChI=1S/C25H22N2S3/c1-17(18-10-4-2-5-11-18)26-23(19-12-6-3-7-13-19)21-15-9-8-14-20(21)16-22-24(28)27-25(29)30-22/h2-17,23,26H,1H3,(H,27,28,29)/b22-16+. The van der Waals surface area contributed by atoms with Gasteiger partial charge < -0.3 is 5.32 Å². The van der Waals surface area contributed by atoms with E-state index in [2.05, 4.69) is 102 Å². The molecule has 1 aliphatic rings. The van der Waals surface area contributed by atoms with Gasteiger partial charge in [-0.05, 0) is 35.3 Å². The van der Waals surface area contributed by atoms with Crippen LogP contribution in [0.15, 0.2) is 89.8 Å². The van der Waals surface area contributed by atoms with Crippen LogP contribution >= 0.6 is 36.2 Å². The molecular weight excluding hydrogens is 424 g/mol. The molecule has 1 fully saturated rings. The highest BCUT2D eigenvalue weighted by atomic mass is 32.2. The van der Waals surface area contributed by atoms with Crippen molar-refractivity contribution in [1.82, 2.24) is 10.6 Å². The van der Waals surface area contributed by atoms with E-state index in [1.165, 1.54) is 28.5 Å². The summed E-state index contributed by atoms with van der Waals surface area (Å²) in [5.41, 5.74) is 4.83. The number of thioether (sulfide) groups is 1. The molecular formula is C25H22N2S3. The summed E-state index contributed by atoms with van der Waals surface area (Å²) < 4.78 is 0.708. The molecule has 30 heavy (non-hydrogen) atoms. The van der Waals surface area contributed by atoms with Gasteiger partial charge in [-0.15, -0.1) is 0 Å². The van der Waals surface area contributed by atoms with E-state index in [4.69, 9.17) is 24.4 Å². The van der Waals surface area contributed by atoms with E-state index < -0.39 is 0 Å². The van der Waals surface area contributed by atoms with Crippen LogP contribution in [-0.2, 0) is 0 Å². The molecule has 0 amide bonds. The normalized spacial score (nSPS) is 17.0. The van der Waals surface area contributed by atoms with Crippen LogP contribution in [0.2, 0.25) is 0 Å². The molecule has 2 N–H and O–H groups in total. The highest BCUT2D eigenvalue weighted by Gasteiger charge is 2.22. The Bertz CT molecular complexity index is 1080. The Labute approximate surface area is 192 Å². The van der Waals surface area contributed by atoms with Crippen LogP contribution in [0.1, 0.15) is 41.3 Å². The molecule has 0 spiro atoms. The van der Waals surface area contributed by atoms with Crippen molar-refractivity contribution in [3.05, 3.63) is 112 Å². The predicted molar refractivity (Wildman–Crippen MR) is 137 cm³/mol. The quantitative estimate of drug-likeness (QED) is 0.336. The summed E-state index contributed by atoms with van der Waals surface area (Å²) in [5, 5.41) is 6.90. The maximum atomic E-state index is 5.45. The molecule has 4 rings (SSSR count). The summed E-state index contributed by atoms with van der Waals surface area (Å²) in [6.45, 7) is 2.21. The van der Waals surface area contributed by atoms with Crippen LogP contribution in [-0.4, -0.2) is 9.31 Å². The lowest BCUT2D eigenvalue weighted by Gasteiger charge is -2.26. The second kappa shape index (κ2) is 9.67. The van der Waals surface area contributed by atoms with E-state index in [-0.39, 0.29) is 12.1 Å². The van der Waals surface area contributed by atoms with Crippen molar-refractivity contribution in [3.8, 4) is 0 Å². The second-order valence-electron chi connectivity index (χ2n) is 7.12. The topological polar surface area (TPSA) is 24.1 Å². The lowest BCUT2D eigenvalue weighted by molar-refractivity contribution is 0.516. The maximum Gasteiger partial charge on any atom is 0.143 e. The predicted octanol–water partition coefficient (Wildman–Crippen LogP) is 6.42. The molecule has 3 aromatic carbocycles. The van der Waals surface area contributed by atoms with Gasteiger partial charge in [0.05, 0.1) is 6.04 Å². The minimum Gasteiger partial charge on any atom is -0.331 e. The first-order valence-corrected chi connectivity index (χ1v) is 11.4. The van der Waals surface area contributed by atoms with E-state index in [0.717, 1.165) is 10.5 Å². The zero-order chi connectivity index (χ0) is 20.9. The smallest absolute Gasteiger partial charge is 0.143 e. The van der Waals surface area contributed by atoms with Gasteiger partial charge in [0.1, 0.15) is 9.31 Å². The van der Waals surface area contributed by atoms with Crippen molar-refractivity contribution in [1.29, 1.82) is 0 Å². The van der Waals surface area contributed by atoms with Crippen LogP contribution in [0.25, 0.3) is 6.08 Å². The van der Waals surface area contributed by atoms with Crippen molar-refractivity contribution in [2.24, 2.45) is 0 Å². The molecule has 2 atom stereocenters. The van der Waals surface area contributed by atoms with E-state index >= 15 is 0 Å². The molecule has 3 aromatic rings. The van der Waals surface area contributed by atoms with Gasteiger partial charge in [0.2, 0.25) is 0 Å². The van der Waals surface area contributed by atoms with Crippen LogP contribution in [0.4, 0.5) is 0 Å². The maximum absolute atomic E-state index is 5.45. The molecule has 2 unspecified atom stereocenters. The summed E-state index contributed by atoms with van der Waals surface area (Å²) in [5.74, 6) is 0. The van der Waals surface area contributed by atoms with Gasteiger partial charge in [0, 0.05) is 10.9 Å². The summed E-state index contributed by atoms with van der Waals surface area (Å²) in [6, 6.07) is 29.8. The summed E-state index contributed by atoms with van der Waals surface area (Å²) >= 11 is 12.2. The summed E-state index contributed by atoms with van der Waals surface area (Å²) in [7, 11) is 0. The van der Waals surface area contributed by atoms with Gasteiger partial charge >= 0.3 is 0 Å². The van der Waals surface area contributed by atoms with Crippen LogP contribution < -0.4 is 10.6 Å². The monoisotopic (exact) mass is 446 g/mol. The third-order valence-corrected chi connectivity index (χ3v) is 6.72. The average Bonchev–Trinajstić information content (AvgIpc) is 3.10. The molecule has 0 bridgehead atoms. The number of hydrogen-bond acceptors (Lipinski definition) is 4. The molecule has 0 aromatic heterocycles. The molecule has 5 heteroatoms. The molecule has 0 radical (unpaired) electrons. The molecule has 1 saturated heterocycles. The third kappa shape index (κ3) is 4.87. The van der Waals surface area contributed by atoms with Gasteiger partial charge in [-0.25, -0.2) is 0 Å². The fourth-order valence-electron chi connectivity index (χ4n) is 3.57. The third-order valence-electron chi connectivity index (χ3n) is 5.08. The number of benzene rings is 3. The van der Waals surface area contributed by atoms with Crippen molar-refractivity contribution in [3.63, 3.8) is 0 Å². The van der Waals surface area contributed by atoms with Gasteiger partial charge in [0.15, 0.2) is 0 Å². The Morgan fingerprint density at radius 3 is 2.07 bits per heavy atom. The van der Waals surface area contributed by atoms with Gasteiger partial charge in [0.25, 0.3) is 0 Å². The van der Waals surface area contributed by atoms with E-state index in [1.807, 2.05) is 6.07 Å². The lowest BCUT2D eigenvalue weighted by Crippen LogP contribution is -2.26. The fourth-order valence-corrected chi connectivity index (χ4v) is 5.04. The van der Waals surface area contributed by atoms with E-state index in [9.17, 15) is 0 Å². The number of nitrogens with one attached hydrogen (secondary N) is 2. The fraction of sp³-hybridized carbons (Fsp3) is 0.120. The van der Waals surface area contributed by atoms with Crippen LogP contribution in [0.3, 0.4) is 0 Å². The molecule has 1 aliphatic heterocycles. The summed E-state index contributed by atoms with van der Waals surface area (Å²) in [6.07, 6.45) is 2.14.